The molecule has 0 radical (unpaired) electrons. The van der Waals surface area contributed by atoms with E-state index >= 15 is 0 Å². The number of rotatable bonds is 4. The molecule has 0 bridgehead atoms. The van der Waals surface area contributed by atoms with Crippen LogP contribution in [0.15, 0.2) is 58.2 Å². The van der Waals surface area contributed by atoms with Gasteiger partial charge in [-0.1, -0.05) is 22.0 Å². The van der Waals surface area contributed by atoms with Crippen LogP contribution in [0.5, 0.6) is 0 Å². The molecule has 2 unspecified atom stereocenters. The fourth-order valence-electron chi connectivity index (χ4n) is 3.71. The van der Waals surface area contributed by atoms with Crippen molar-refractivity contribution >= 4 is 48.6 Å². The fourth-order valence-corrected chi connectivity index (χ4v) is 5.52. The molecule has 162 valence electrons. The van der Waals surface area contributed by atoms with Crippen LogP contribution >= 0.6 is 15.9 Å². The molecule has 8 nitrogen and oxygen atoms in total. The first kappa shape index (κ1) is 21.7. The molecule has 1 aliphatic heterocycles. The van der Waals surface area contributed by atoms with Crippen molar-refractivity contribution in [2.24, 2.45) is 0 Å². The number of amides is 1. The molecular formula is C21H21BrN4O4S. The third-order valence-electron chi connectivity index (χ3n) is 5.11. The number of halogens is 1. The van der Waals surface area contributed by atoms with Gasteiger partial charge in [0.2, 0.25) is 0 Å². The Hall–Kier alpha value is -2.56. The Kier molecular flexibility index (Phi) is 5.96. The van der Waals surface area contributed by atoms with Crippen molar-refractivity contribution in [3.63, 3.8) is 0 Å². The van der Waals surface area contributed by atoms with Crippen molar-refractivity contribution in [2.45, 2.75) is 30.8 Å². The van der Waals surface area contributed by atoms with Crippen LogP contribution < -0.4 is 4.72 Å². The van der Waals surface area contributed by atoms with Crippen molar-refractivity contribution in [3.8, 4) is 0 Å². The SMILES string of the molecule is CC1COCC(C)N1C(=O)c1ccc(Br)cc1S(=O)(=O)Nc1cccc2nccnc12. The minimum absolute atomic E-state index is 0.0996. The Morgan fingerprint density at radius 3 is 2.58 bits per heavy atom. The smallest absolute Gasteiger partial charge is 0.262 e. The number of hydrogen-bond acceptors (Lipinski definition) is 6. The van der Waals surface area contributed by atoms with Crippen LogP contribution in [-0.4, -0.2) is 54.5 Å². The zero-order chi connectivity index (χ0) is 22.2. The topological polar surface area (TPSA) is 101 Å². The van der Waals surface area contributed by atoms with Crippen LogP contribution in [0, 0.1) is 0 Å². The summed E-state index contributed by atoms with van der Waals surface area (Å²) < 4.78 is 35.4. The first-order valence-corrected chi connectivity index (χ1v) is 12.0. The highest BCUT2D eigenvalue weighted by Gasteiger charge is 2.33. The number of ether oxygens (including phenoxy) is 1. The molecule has 1 amide bonds. The first-order chi connectivity index (χ1) is 14.8. The molecule has 1 saturated heterocycles. The van der Waals surface area contributed by atoms with Crippen LogP contribution in [0.25, 0.3) is 11.0 Å². The number of sulfonamides is 1. The van der Waals surface area contributed by atoms with Crippen LogP contribution in [0.2, 0.25) is 0 Å². The predicted molar refractivity (Wildman–Crippen MR) is 120 cm³/mol. The van der Waals surface area contributed by atoms with E-state index in [9.17, 15) is 13.2 Å². The molecule has 3 aromatic rings. The largest absolute Gasteiger partial charge is 0.377 e. The van der Waals surface area contributed by atoms with Gasteiger partial charge < -0.3 is 9.64 Å². The molecule has 2 atom stereocenters. The van der Waals surface area contributed by atoms with Gasteiger partial charge in [0, 0.05) is 16.9 Å². The summed E-state index contributed by atoms with van der Waals surface area (Å²) in [6.07, 6.45) is 3.03. The molecule has 10 heteroatoms. The Labute approximate surface area is 188 Å². The first-order valence-electron chi connectivity index (χ1n) is 9.70. The number of nitrogens with zero attached hydrogens (tertiary/aromatic N) is 3. The number of nitrogens with one attached hydrogen (secondary N) is 1. The lowest BCUT2D eigenvalue weighted by molar-refractivity contribution is -0.0251. The van der Waals surface area contributed by atoms with E-state index in [2.05, 4.69) is 30.6 Å². The summed E-state index contributed by atoms with van der Waals surface area (Å²) in [7, 11) is -4.10. The van der Waals surface area contributed by atoms with E-state index in [-0.39, 0.29) is 34.1 Å². The molecule has 4 rings (SSSR count). The normalized spacial score (nSPS) is 19.4. The second kappa shape index (κ2) is 8.52. The summed E-state index contributed by atoms with van der Waals surface area (Å²) in [6, 6.07) is 9.33. The number of anilines is 1. The van der Waals surface area contributed by atoms with E-state index in [4.69, 9.17) is 4.74 Å². The average Bonchev–Trinajstić information content (AvgIpc) is 2.73. The van der Waals surface area contributed by atoms with E-state index in [0.717, 1.165) is 0 Å². The van der Waals surface area contributed by atoms with Gasteiger partial charge in [-0.05, 0) is 44.2 Å². The minimum atomic E-state index is -4.10. The highest BCUT2D eigenvalue weighted by Crippen LogP contribution is 2.28. The summed E-state index contributed by atoms with van der Waals surface area (Å²) in [5.74, 6) is -0.353. The molecule has 0 saturated carbocycles. The van der Waals surface area contributed by atoms with Gasteiger partial charge in [0.05, 0.1) is 42.1 Å². The van der Waals surface area contributed by atoms with Crippen LogP contribution in [0.1, 0.15) is 24.2 Å². The highest BCUT2D eigenvalue weighted by molar-refractivity contribution is 9.10. The molecule has 0 aliphatic carbocycles. The van der Waals surface area contributed by atoms with Crippen molar-refractivity contribution in [2.75, 3.05) is 17.9 Å². The maximum absolute atomic E-state index is 13.4. The Balaban J connectivity index is 1.76. The lowest BCUT2D eigenvalue weighted by Crippen LogP contribution is -2.52. The second-order valence-corrected chi connectivity index (χ2v) is 9.99. The minimum Gasteiger partial charge on any atom is -0.377 e. The number of aromatic nitrogens is 2. The lowest BCUT2D eigenvalue weighted by Gasteiger charge is -2.39. The molecule has 2 heterocycles. The van der Waals surface area contributed by atoms with E-state index in [0.29, 0.717) is 28.7 Å². The van der Waals surface area contributed by atoms with Gasteiger partial charge in [-0.3, -0.25) is 19.5 Å². The summed E-state index contributed by atoms with van der Waals surface area (Å²) in [5.41, 5.74) is 1.37. The van der Waals surface area contributed by atoms with Crippen LogP contribution in [0.3, 0.4) is 0 Å². The molecular weight excluding hydrogens is 484 g/mol. The number of benzene rings is 2. The summed E-state index contributed by atoms with van der Waals surface area (Å²) in [6.45, 7) is 4.57. The molecule has 1 N–H and O–H groups in total. The molecule has 31 heavy (non-hydrogen) atoms. The van der Waals surface area contributed by atoms with Gasteiger partial charge >= 0.3 is 0 Å². The lowest BCUT2D eigenvalue weighted by atomic mass is 10.1. The molecule has 0 spiro atoms. The van der Waals surface area contributed by atoms with Crippen LogP contribution in [-0.2, 0) is 14.8 Å². The maximum Gasteiger partial charge on any atom is 0.262 e. The third kappa shape index (κ3) is 4.28. The number of carbonyl (C=O) groups is 1. The zero-order valence-electron chi connectivity index (χ0n) is 16.9. The van der Waals surface area contributed by atoms with E-state index in [1.54, 1.807) is 29.2 Å². The van der Waals surface area contributed by atoms with Gasteiger partial charge in [-0.25, -0.2) is 8.42 Å². The summed E-state index contributed by atoms with van der Waals surface area (Å²) in [4.78, 5) is 23.4. The molecule has 1 fully saturated rings. The predicted octanol–water partition coefficient (Wildman–Crippen LogP) is 3.44. The standard InChI is InChI=1S/C21H21BrN4O4S/c1-13-11-30-12-14(2)26(13)21(27)16-7-6-15(22)10-19(16)31(28,29)25-18-5-3-4-17-20(18)24-9-8-23-17/h3-10,13-14,25H,11-12H2,1-2H3. The molecule has 2 aromatic carbocycles. The number of morpholine rings is 1. The highest BCUT2D eigenvalue weighted by atomic mass is 79.9. The van der Waals surface area contributed by atoms with E-state index in [1.165, 1.54) is 24.5 Å². The molecule has 1 aliphatic rings. The van der Waals surface area contributed by atoms with Crippen molar-refractivity contribution in [1.29, 1.82) is 0 Å². The van der Waals surface area contributed by atoms with Gasteiger partial charge in [-0.2, -0.15) is 0 Å². The quantitative estimate of drug-likeness (QED) is 0.583. The molecule has 1 aromatic heterocycles. The number of fused-ring (bicyclic) bond motifs is 1. The monoisotopic (exact) mass is 504 g/mol. The van der Waals surface area contributed by atoms with Gasteiger partial charge in [0.15, 0.2) is 0 Å². The number of carbonyl (C=O) groups excluding carboxylic acids is 1. The number of hydrogen-bond donors (Lipinski definition) is 1. The Morgan fingerprint density at radius 1 is 1.13 bits per heavy atom. The number of para-hydroxylation sites is 1. The van der Waals surface area contributed by atoms with Crippen molar-refractivity contribution in [3.05, 3.63) is 58.8 Å². The van der Waals surface area contributed by atoms with Crippen LogP contribution in [0.4, 0.5) is 5.69 Å². The summed E-state index contributed by atoms with van der Waals surface area (Å²) in [5, 5.41) is 0. The van der Waals surface area contributed by atoms with Crippen molar-refractivity contribution in [1.82, 2.24) is 14.9 Å². The fraction of sp³-hybridized carbons (Fsp3) is 0.286. The third-order valence-corrected chi connectivity index (χ3v) is 7.01. The van der Waals surface area contributed by atoms with Gasteiger partial charge in [-0.15, -0.1) is 0 Å². The maximum atomic E-state index is 13.4. The zero-order valence-corrected chi connectivity index (χ0v) is 19.4. The van der Waals surface area contributed by atoms with Gasteiger partial charge in [0.25, 0.3) is 15.9 Å². The average molecular weight is 505 g/mol. The van der Waals surface area contributed by atoms with E-state index in [1.807, 2.05) is 13.8 Å². The summed E-state index contributed by atoms with van der Waals surface area (Å²) >= 11 is 3.32. The van der Waals surface area contributed by atoms with Gasteiger partial charge in [0.1, 0.15) is 10.4 Å². The Bertz CT molecular complexity index is 1240. The van der Waals surface area contributed by atoms with E-state index < -0.39 is 10.0 Å². The second-order valence-electron chi connectivity index (χ2n) is 7.42. The van der Waals surface area contributed by atoms with Crippen molar-refractivity contribution < 1.29 is 17.9 Å². The Morgan fingerprint density at radius 2 is 1.84 bits per heavy atom.